The van der Waals surface area contributed by atoms with Gasteiger partial charge in [0, 0.05) is 12.7 Å². The molecule has 2 rings (SSSR count). The van der Waals surface area contributed by atoms with Crippen molar-refractivity contribution in [1.82, 2.24) is 0 Å². The third-order valence-electron chi connectivity index (χ3n) is 2.50. The average molecular weight is 234 g/mol. The Balaban J connectivity index is 2.23. The minimum absolute atomic E-state index is 0.0512. The highest BCUT2D eigenvalue weighted by Crippen LogP contribution is 2.31. The van der Waals surface area contributed by atoms with Crippen LogP contribution in [-0.4, -0.2) is 31.9 Å². The number of nitrogens with one attached hydrogen (secondary N) is 1. The lowest BCUT2D eigenvalue weighted by Crippen LogP contribution is -2.27. The van der Waals surface area contributed by atoms with Gasteiger partial charge in [0.1, 0.15) is 11.5 Å². The molecule has 1 aliphatic rings. The molecule has 0 saturated heterocycles. The lowest BCUT2D eigenvalue weighted by molar-refractivity contribution is -0.118. The second kappa shape index (κ2) is 4.45. The SMILES string of the molecule is CC(=O)CN(C)c1ccc2c(c1)NC(=O)CO2. The molecule has 0 unspecified atom stereocenters. The third-order valence-corrected chi connectivity index (χ3v) is 2.50. The molecule has 0 atom stereocenters. The number of ether oxygens (including phenoxy) is 1. The zero-order valence-electron chi connectivity index (χ0n) is 9.82. The summed E-state index contributed by atoms with van der Waals surface area (Å²) in [6, 6.07) is 5.45. The maximum Gasteiger partial charge on any atom is 0.262 e. The molecule has 1 aliphatic heterocycles. The molecule has 0 aliphatic carbocycles. The Bertz CT molecular complexity index is 471. The number of anilines is 2. The van der Waals surface area contributed by atoms with Gasteiger partial charge < -0.3 is 15.0 Å². The molecule has 0 bridgehead atoms. The summed E-state index contributed by atoms with van der Waals surface area (Å²) in [6.45, 7) is 1.93. The van der Waals surface area contributed by atoms with Crippen molar-refractivity contribution in [2.45, 2.75) is 6.92 Å². The van der Waals surface area contributed by atoms with E-state index in [2.05, 4.69) is 5.32 Å². The van der Waals surface area contributed by atoms with E-state index in [1.54, 1.807) is 19.1 Å². The van der Waals surface area contributed by atoms with E-state index in [-0.39, 0.29) is 18.3 Å². The molecule has 1 N–H and O–H groups in total. The summed E-state index contributed by atoms with van der Waals surface area (Å²) in [5.41, 5.74) is 1.51. The number of nitrogens with zero attached hydrogens (tertiary/aromatic N) is 1. The first-order chi connectivity index (χ1) is 8.06. The number of rotatable bonds is 3. The van der Waals surface area contributed by atoms with Crippen LogP contribution in [0.15, 0.2) is 18.2 Å². The number of Topliss-reactive ketones (excluding diaryl/α,β-unsaturated/α-hetero) is 1. The highest BCUT2D eigenvalue weighted by molar-refractivity contribution is 5.96. The maximum absolute atomic E-state index is 11.2. The number of hydrogen-bond acceptors (Lipinski definition) is 4. The van der Waals surface area contributed by atoms with Crippen molar-refractivity contribution in [3.63, 3.8) is 0 Å². The Morgan fingerprint density at radius 1 is 1.53 bits per heavy atom. The number of hydrogen-bond donors (Lipinski definition) is 1. The monoisotopic (exact) mass is 234 g/mol. The van der Waals surface area contributed by atoms with Crippen LogP contribution in [0, 0.1) is 0 Å². The van der Waals surface area contributed by atoms with E-state index >= 15 is 0 Å². The van der Waals surface area contributed by atoms with E-state index in [0.29, 0.717) is 18.0 Å². The van der Waals surface area contributed by atoms with Crippen LogP contribution in [0.3, 0.4) is 0 Å². The van der Waals surface area contributed by atoms with Crippen molar-refractivity contribution in [2.75, 3.05) is 30.4 Å². The molecular formula is C12H14N2O3. The number of benzene rings is 1. The molecule has 0 saturated carbocycles. The molecule has 0 radical (unpaired) electrons. The van der Waals surface area contributed by atoms with Gasteiger partial charge in [0.05, 0.1) is 12.2 Å². The van der Waals surface area contributed by atoms with Gasteiger partial charge >= 0.3 is 0 Å². The Morgan fingerprint density at radius 3 is 3.00 bits per heavy atom. The molecule has 1 amide bonds. The first-order valence-corrected chi connectivity index (χ1v) is 5.33. The lowest BCUT2D eigenvalue weighted by Gasteiger charge is -2.22. The second-order valence-corrected chi connectivity index (χ2v) is 4.08. The van der Waals surface area contributed by atoms with Crippen LogP contribution >= 0.6 is 0 Å². The topological polar surface area (TPSA) is 58.6 Å². The molecule has 1 heterocycles. The summed E-state index contributed by atoms with van der Waals surface area (Å²) in [5.74, 6) is 0.582. The molecule has 5 heteroatoms. The number of amides is 1. The number of fused-ring (bicyclic) bond motifs is 1. The summed E-state index contributed by atoms with van der Waals surface area (Å²) in [7, 11) is 1.83. The molecule has 5 nitrogen and oxygen atoms in total. The average Bonchev–Trinajstić information content (AvgIpc) is 2.27. The molecule has 17 heavy (non-hydrogen) atoms. The van der Waals surface area contributed by atoms with Crippen molar-refractivity contribution in [3.8, 4) is 5.75 Å². The molecule has 1 aromatic rings. The van der Waals surface area contributed by atoms with Crippen LogP contribution in [0.25, 0.3) is 0 Å². The second-order valence-electron chi connectivity index (χ2n) is 4.08. The molecular weight excluding hydrogens is 220 g/mol. The fraction of sp³-hybridized carbons (Fsp3) is 0.333. The Kier molecular flexibility index (Phi) is 2.99. The zero-order chi connectivity index (χ0) is 12.4. The number of ketones is 1. The van der Waals surface area contributed by atoms with Crippen LogP contribution in [0.5, 0.6) is 5.75 Å². The number of carbonyl (C=O) groups is 2. The fourth-order valence-corrected chi connectivity index (χ4v) is 1.73. The number of likely N-dealkylation sites (N-methyl/N-ethyl adjacent to an activating group) is 1. The highest BCUT2D eigenvalue weighted by Gasteiger charge is 2.16. The summed E-state index contributed by atoms with van der Waals surface area (Å²) in [6.07, 6.45) is 0. The summed E-state index contributed by atoms with van der Waals surface area (Å²) >= 11 is 0. The number of carbonyl (C=O) groups excluding carboxylic acids is 2. The van der Waals surface area contributed by atoms with Crippen LogP contribution in [0.1, 0.15) is 6.92 Å². The van der Waals surface area contributed by atoms with Crippen molar-refractivity contribution in [2.24, 2.45) is 0 Å². The smallest absolute Gasteiger partial charge is 0.262 e. The van der Waals surface area contributed by atoms with Crippen molar-refractivity contribution in [3.05, 3.63) is 18.2 Å². The Hall–Kier alpha value is -2.04. The quantitative estimate of drug-likeness (QED) is 0.849. The summed E-state index contributed by atoms with van der Waals surface area (Å²) in [4.78, 5) is 24.0. The summed E-state index contributed by atoms with van der Waals surface area (Å²) in [5, 5.41) is 2.73. The first kappa shape index (κ1) is 11.4. The largest absolute Gasteiger partial charge is 0.482 e. The maximum atomic E-state index is 11.2. The van der Waals surface area contributed by atoms with Crippen molar-refractivity contribution >= 4 is 23.1 Å². The van der Waals surface area contributed by atoms with E-state index < -0.39 is 0 Å². The van der Waals surface area contributed by atoms with Crippen molar-refractivity contribution in [1.29, 1.82) is 0 Å². The van der Waals surface area contributed by atoms with Gasteiger partial charge in [0.25, 0.3) is 5.91 Å². The van der Waals surface area contributed by atoms with E-state index in [0.717, 1.165) is 5.69 Å². The van der Waals surface area contributed by atoms with Gasteiger partial charge in [0.2, 0.25) is 0 Å². The molecule has 0 fully saturated rings. The van der Waals surface area contributed by atoms with E-state index in [4.69, 9.17) is 4.74 Å². The minimum Gasteiger partial charge on any atom is -0.482 e. The highest BCUT2D eigenvalue weighted by atomic mass is 16.5. The van der Waals surface area contributed by atoms with Crippen molar-refractivity contribution < 1.29 is 14.3 Å². The molecule has 0 spiro atoms. The van der Waals surface area contributed by atoms with E-state index in [1.807, 2.05) is 18.0 Å². The summed E-state index contributed by atoms with van der Waals surface area (Å²) < 4.78 is 5.25. The van der Waals surface area contributed by atoms with Gasteiger partial charge in [-0.2, -0.15) is 0 Å². The van der Waals surface area contributed by atoms with Gasteiger partial charge in [-0.3, -0.25) is 9.59 Å². The van der Waals surface area contributed by atoms with Gasteiger partial charge in [-0.15, -0.1) is 0 Å². The third kappa shape index (κ3) is 2.55. The standard InChI is InChI=1S/C12H14N2O3/c1-8(15)6-14(2)9-3-4-11-10(5-9)13-12(16)7-17-11/h3-5H,6-7H2,1-2H3,(H,13,16). The predicted molar refractivity (Wildman–Crippen MR) is 64.5 cm³/mol. The molecule has 90 valence electrons. The predicted octanol–water partition coefficient (Wildman–Crippen LogP) is 1.04. The van der Waals surface area contributed by atoms with Gasteiger partial charge in [-0.05, 0) is 25.1 Å². The Labute approximate surface area is 99.4 Å². The lowest BCUT2D eigenvalue weighted by atomic mass is 10.2. The normalized spacial score (nSPS) is 13.4. The van der Waals surface area contributed by atoms with Crippen LogP contribution in [0.4, 0.5) is 11.4 Å². The minimum atomic E-state index is -0.163. The first-order valence-electron chi connectivity index (χ1n) is 5.33. The van der Waals surface area contributed by atoms with E-state index in [1.165, 1.54) is 0 Å². The van der Waals surface area contributed by atoms with Crippen LogP contribution in [-0.2, 0) is 9.59 Å². The van der Waals surface area contributed by atoms with Crippen LogP contribution < -0.4 is 15.0 Å². The van der Waals surface area contributed by atoms with E-state index in [9.17, 15) is 9.59 Å². The van der Waals surface area contributed by atoms with Crippen LogP contribution in [0.2, 0.25) is 0 Å². The van der Waals surface area contributed by atoms with Gasteiger partial charge in [-0.25, -0.2) is 0 Å². The zero-order valence-corrected chi connectivity index (χ0v) is 9.82. The van der Waals surface area contributed by atoms with Gasteiger partial charge in [0.15, 0.2) is 6.61 Å². The molecule has 0 aromatic heterocycles. The van der Waals surface area contributed by atoms with Gasteiger partial charge in [-0.1, -0.05) is 0 Å². The molecule has 1 aromatic carbocycles. The fourth-order valence-electron chi connectivity index (χ4n) is 1.73. The Morgan fingerprint density at radius 2 is 2.29 bits per heavy atom.